The molecular weight excluding hydrogens is 318 g/mol. The summed E-state index contributed by atoms with van der Waals surface area (Å²) in [5.74, 6) is 1.50. The predicted octanol–water partition coefficient (Wildman–Crippen LogP) is 2.23. The smallest absolute Gasteiger partial charge is 0.323 e. The van der Waals surface area contributed by atoms with E-state index in [1.807, 2.05) is 10.7 Å². The Morgan fingerprint density at radius 1 is 1.36 bits per heavy atom. The Labute approximate surface area is 149 Å². The van der Waals surface area contributed by atoms with Gasteiger partial charge < -0.3 is 15.0 Å². The maximum Gasteiger partial charge on any atom is 0.323 e. The summed E-state index contributed by atoms with van der Waals surface area (Å²) in [4.78, 5) is 15.2. The molecule has 3 fully saturated rings. The zero-order chi connectivity index (χ0) is 17.3. The lowest BCUT2D eigenvalue weighted by atomic mass is 9.85. The summed E-state index contributed by atoms with van der Waals surface area (Å²) in [5.41, 5.74) is -0.0845. The van der Waals surface area contributed by atoms with Crippen molar-refractivity contribution in [2.75, 3.05) is 38.2 Å². The number of anilines is 1. The number of ether oxygens (including phenoxy) is 1. The fourth-order valence-corrected chi connectivity index (χ4v) is 4.29. The number of hydrogen-bond donors (Lipinski definition) is 2. The third-order valence-corrected chi connectivity index (χ3v) is 6.12. The van der Waals surface area contributed by atoms with Crippen LogP contribution in [0.1, 0.15) is 45.1 Å². The van der Waals surface area contributed by atoms with Crippen LogP contribution in [-0.2, 0) is 4.74 Å². The largest absolute Gasteiger partial charge is 0.381 e. The molecule has 1 spiro atoms. The van der Waals surface area contributed by atoms with Gasteiger partial charge in [0.1, 0.15) is 5.82 Å². The molecule has 2 aliphatic heterocycles. The van der Waals surface area contributed by atoms with Gasteiger partial charge in [-0.1, -0.05) is 0 Å². The summed E-state index contributed by atoms with van der Waals surface area (Å²) < 4.78 is 7.54. The molecule has 2 amide bonds. The molecule has 3 aliphatic rings. The van der Waals surface area contributed by atoms with Gasteiger partial charge in [0.2, 0.25) is 0 Å². The van der Waals surface area contributed by atoms with Crippen LogP contribution >= 0.6 is 0 Å². The Balaban J connectivity index is 1.52. The normalized spacial score (nSPS) is 24.8. The fraction of sp³-hybridized carbons (Fsp3) is 0.778. The van der Waals surface area contributed by atoms with E-state index >= 15 is 0 Å². The van der Waals surface area contributed by atoms with Gasteiger partial charge in [0.15, 0.2) is 0 Å². The summed E-state index contributed by atoms with van der Waals surface area (Å²) in [6, 6.07) is 2.24. The van der Waals surface area contributed by atoms with E-state index in [2.05, 4.69) is 27.6 Å². The monoisotopic (exact) mass is 347 g/mol. The molecule has 2 N–H and O–H groups in total. The minimum absolute atomic E-state index is 0.00431. The quantitative estimate of drug-likeness (QED) is 0.880. The number of amides is 2. The topological polar surface area (TPSA) is 71.4 Å². The van der Waals surface area contributed by atoms with Crippen molar-refractivity contribution in [1.82, 2.24) is 20.0 Å². The SMILES string of the molecule is CC(C1CC1)n1nccc1NC(=O)N1CCNCCC12CCOCC2. The number of carbonyl (C=O) groups excluding carboxylic acids is 1. The van der Waals surface area contributed by atoms with Crippen LogP contribution < -0.4 is 10.6 Å². The number of rotatable bonds is 3. The molecule has 1 aliphatic carbocycles. The van der Waals surface area contributed by atoms with E-state index in [1.165, 1.54) is 12.8 Å². The number of hydrogen-bond acceptors (Lipinski definition) is 4. The van der Waals surface area contributed by atoms with Crippen LogP contribution in [0.5, 0.6) is 0 Å². The Hall–Kier alpha value is -1.60. The molecule has 2 saturated heterocycles. The Kier molecular flexibility index (Phi) is 4.69. The van der Waals surface area contributed by atoms with Gasteiger partial charge in [0.05, 0.1) is 17.8 Å². The molecule has 25 heavy (non-hydrogen) atoms. The van der Waals surface area contributed by atoms with E-state index in [9.17, 15) is 4.79 Å². The molecule has 7 nitrogen and oxygen atoms in total. The van der Waals surface area contributed by atoms with Gasteiger partial charge >= 0.3 is 6.03 Å². The lowest BCUT2D eigenvalue weighted by Gasteiger charge is -2.45. The molecule has 1 atom stereocenters. The summed E-state index contributed by atoms with van der Waals surface area (Å²) in [5, 5.41) is 11.0. The fourth-order valence-electron chi connectivity index (χ4n) is 4.29. The van der Waals surface area contributed by atoms with E-state index in [4.69, 9.17) is 4.74 Å². The standard InChI is InChI=1S/C18H29N5O2/c1-14(15-2-3-15)23-16(4-8-20-23)21-17(24)22-11-10-19-9-5-18(22)6-12-25-13-7-18/h4,8,14-15,19H,2-3,5-7,9-13H2,1H3,(H,21,24). The molecule has 0 radical (unpaired) electrons. The van der Waals surface area contributed by atoms with Crippen molar-refractivity contribution >= 4 is 11.8 Å². The zero-order valence-electron chi connectivity index (χ0n) is 15.0. The molecule has 1 unspecified atom stereocenters. The van der Waals surface area contributed by atoms with E-state index in [0.29, 0.717) is 12.0 Å². The molecule has 3 heterocycles. The minimum atomic E-state index is -0.0845. The zero-order valence-corrected chi connectivity index (χ0v) is 15.0. The Bertz CT molecular complexity index is 606. The first-order valence-corrected chi connectivity index (χ1v) is 9.60. The van der Waals surface area contributed by atoms with Gasteiger partial charge in [-0.15, -0.1) is 0 Å². The van der Waals surface area contributed by atoms with Crippen LogP contribution in [0.25, 0.3) is 0 Å². The van der Waals surface area contributed by atoms with Gasteiger partial charge in [-0.3, -0.25) is 5.32 Å². The molecule has 0 aromatic carbocycles. The lowest BCUT2D eigenvalue weighted by Crippen LogP contribution is -2.56. The van der Waals surface area contributed by atoms with E-state index in [-0.39, 0.29) is 11.6 Å². The van der Waals surface area contributed by atoms with E-state index in [1.54, 1.807) is 6.20 Å². The number of aromatic nitrogens is 2. The van der Waals surface area contributed by atoms with Crippen LogP contribution in [-0.4, -0.2) is 59.1 Å². The first kappa shape index (κ1) is 16.8. The summed E-state index contributed by atoms with van der Waals surface area (Å²) in [6.07, 6.45) is 7.12. The highest BCUT2D eigenvalue weighted by Crippen LogP contribution is 2.40. The Morgan fingerprint density at radius 2 is 2.16 bits per heavy atom. The molecule has 0 bridgehead atoms. The summed E-state index contributed by atoms with van der Waals surface area (Å²) in [6.45, 7) is 6.20. The molecule has 1 aromatic rings. The third kappa shape index (κ3) is 3.40. The van der Waals surface area contributed by atoms with Crippen molar-refractivity contribution in [3.8, 4) is 0 Å². The second-order valence-corrected chi connectivity index (χ2v) is 7.66. The highest BCUT2D eigenvalue weighted by molar-refractivity contribution is 5.89. The van der Waals surface area contributed by atoms with Crippen molar-refractivity contribution in [3.63, 3.8) is 0 Å². The number of nitrogens with zero attached hydrogens (tertiary/aromatic N) is 3. The number of carbonyl (C=O) groups is 1. The second-order valence-electron chi connectivity index (χ2n) is 7.66. The summed E-state index contributed by atoms with van der Waals surface area (Å²) in [7, 11) is 0. The molecule has 1 saturated carbocycles. The maximum absolute atomic E-state index is 13.2. The van der Waals surface area contributed by atoms with Gasteiger partial charge in [-0.2, -0.15) is 5.10 Å². The lowest BCUT2D eigenvalue weighted by molar-refractivity contribution is -0.00661. The third-order valence-electron chi connectivity index (χ3n) is 6.12. The first-order valence-electron chi connectivity index (χ1n) is 9.60. The van der Waals surface area contributed by atoms with Gasteiger partial charge in [0, 0.05) is 32.4 Å². The van der Waals surface area contributed by atoms with Crippen molar-refractivity contribution in [3.05, 3.63) is 12.3 Å². The van der Waals surface area contributed by atoms with Gasteiger partial charge in [0.25, 0.3) is 0 Å². The van der Waals surface area contributed by atoms with E-state index < -0.39 is 0 Å². The predicted molar refractivity (Wildman–Crippen MR) is 95.7 cm³/mol. The molecule has 4 rings (SSSR count). The highest BCUT2D eigenvalue weighted by Gasteiger charge is 2.42. The number of urea groups is 1. The first-order chi connectivity index (χ1) is 12.2. The van der Waals surface area contributed by atoms with E-state index in [0.717, 1.165) is 57.9 Å². The molecule has 7 heteroatoms. The average molecular weight is 347 g/mol. The van der Waals surface area contributed by atoms with Crippen LogP contribution in [0, 0.1) is 5.92 Å². The molecule has 138 valence electrons. The van der Waals surface area contributed by atoms with Crippen LogP contribution in [0.3, 0.4) is 0 Å². The summed E-state index contributed by atoms with van der Waals surface area (Å²) >= 11 is 0. The molecular formula is C18H29N5O2. The Morgan fingerprint density at radius 3 is 2.92 bits per heavy atom. The van der Waals surface area contributed by atoms with Crippen molar-refractivity contribution < 1.29 is 9.53 Å². The number of nitrogens with one attached hydrogen (secondary N) is 2. The van der Waals surface area contributed by atoms with Gasteiger partial charge in [-0.25, -0.2) is 9.48 Å². The highest BCUT2D eigenvalue weighted by atomic mass is 16.5. The van der Waals surface area contributed by atoms with Crippen LogP contribution in [0.2, 0.25) is 0 Å². The van der Waals surface area contributed by atoms with Crippen molar-refractivity contribution in [1.29, 1.82) is 0 Å². The van der Waals surface area contributed by atoms with Crippen LogP contribution in [0.4, 0.5) is 10.6 Å². The maximum atomic E-state index is 13.2. The van der Waals surface area contributed by atoms with Gasteiger partial charge in [-0.05, 0) is 51.5 Å². The second kappa shape index (κ2) is 6.96. The average Bonchev–Trinajstić information content (AvgIpc) is 3.40. The van der Waals surface area contributed by atoms with Crippen LogP contribution in [0.15, 0.2) is 12.3 Å². The molecule has 1 aromatic heterocycles. The van der Waals surface area contributed by atoms with Crippen molar-refractivity contribution in [2.45, 2.75) is 50.6 Å². The van der Waals surface area contributed by atoms with Crippen molar-refractivity contribution in [2.24, 2.45) is 5.92 Å². The minimum Gasteiger partial charge on any atom is -0.381 e.